The molecule has 0 spiro atoms. The van der Waals surface area contributed by atoms with E-state index in [1.165, 1.54) is 18.2 Å². The summed E-state index contributed by atoms with van der Waals surface area (Å²) in [5, 5.41) is 4.58. The van der Waals surface area contributed by atoms with E-state index < -0.39 is 47.3 Å². The molecular weight excluding hydrogens is 761 g/mol. The molecule has 2 aliphatic carbocycles. The number of hydrogen-bond acceptors (Lipinski definition) is 10. The quantitative estimate of drug-likeness (QED) is 0.0960. The van der Waals surface area contributed by atoms with Gasteiger partial charge in [-0.15, -0.1) is 0 Å². The van der Waals surface area contributed by atoms with Gasteiger partial charge in [0.15, 0.2) is 23.1 Å². The molecule has 10 nitrogen and oxygen atoms in total. The Labute approximate surface area is 337 Å². The Bertz CT molecular complexity index is 3500. The predicted molar refractivity (Wildman–Crippen MR) is 216 cm³/mol. The summed E-state index contributed by atoms with van der Waals surface area (Å²) in [6, 6.07) is 34.1. The first-order valence-electron chi connectivity index (χ1n) is 19.0. The van der Waals surface area contributed by atoms with E-state index in [0.29, 0.717) is 44.2 Å². The molecule has 0 fully saturated rings. The molecular formula is C50H22O10. The lowest BCUT2D eigenvalue weighted by molar-refractivity contribution is 0.0426. The van der Waals surface area contributed by atoms with Gasteiger partial charge in [0.2, 0.25) is 0 Å². The van der Waals surface area contributed by atoms with Crippen LogP contribution in [0.4, 0.5) is 0 Å². The maximum Gasteiger partial charge on any atom is 0.347 e. The molecule has 0 saturated heterocycles. The summed E-state index contributed by atoms with van der Waals surface area (Å²) in [6.07, 6.45) is 0. The predicted octanol–water partition coefficient (Wildman–Crippen LogP) is 8.86. The van der Waals surface area contributed by atoms with Crippen LogP contribution in [0.5, 0.6) is 0 Å². The van der Waals surface area contributed by atoms with Crippen LogP contribution in [0.3, 0.4) is 0 Å². The number of carbonyl (C=O) groups is 8. The van der Waals surface area contributed by atoms with Crippen LogP contribution >= 0.6 is 0 Å². The first-order valence-corrected chi connectivity index (χ1v) is 19.0. The van der Waals surface area contributed by atoms with Gasteiger partial charge in [0.05, 0.1) is 22.3 Å². The zero-order chi connectivity index (χ0) is 40.9. The summed E-state index contributed by atoms with van der Waals surface area (Å²) in [4.78, 5) is 107. The van der Waals surface area contributed by atoms with Crippen molar-refractivity contribution < 1.29 is 47.8 Å². The van der Waals surface area contributed by atoms with Crippen molar-refractivity contribution in [2.24, 2.45) is 0 Å². The molecule has 2 heterocycles. The summed E-state index contributed by atoms with van der Waals surface area (Å²) >= 11 is 0. The molecule has 0 N–H and O–H groups in total. The van der Waals surface area contributed by atoms with Gasteiger partial charge in [-0.3, -0.25) is 19.2 Å². The molecule has 2 aliphatic heterocycles. The van der Waals surface area contributed by atoms with Gasteiger partial charge in [0.25, 0.3) is 0 Å². The Kier molecular flexibility index (Phi) is 6.59. The van der Waals surface area contributed by atoms with Crippen LogP contribution in [0.15, 0.2) is 121 Å². The highest BCUT2D eigenvalue weighted by Crippen LogP contribution is 2.47. The van der Waals surface area contributed by atoms with E-state index in [4.69, 9.17) is 9.47 Å². The van der Waals surface area contributed by atoms with Crippen LogP contribution < -0.4 is 0 Å². The van der Waals surface area contributed by atoms with Gasteiger partial charge in [-0.1, -0.05) is 97.1 Å². The fraction of sp³-hybridized carbons (Fsp3) is 0.0400. The zero-order valence-electron chi connectivity index (χ0n) is 30.8. The maximum atomic E-state index is 14.5. The van der Waals surface area contributed by atoms with Crippen molar-refractivity contribution in [3.8, 4) is 22.3 Å². The number of hydrogen-bond donors (Lipinski definition) is 0. The number of carbonyl (C=O) groups excluding carboxylic acids is 8. The largest absolute Gasteiger partial charge is 0.386 e. The lowest BCUT2D eigenvalue weighted by atomic mass is 9.82. The van der Waals surface area contributed by atoms with Crippen molar-refractivity contribution in [2.45, 2.75) is 11.8 Å². The van der Waals surface area contributed by atoms with E-state index >= 15 is 0 Å². The number of esters is 4. The summed E-state index contributed by atoms with van der Waals surface area (Å²) in [7, 11) is 0. The van der Waals surface area contributed by atoms with Gasteiger partial charge >= 0.3 is 23.9 Å². The standard InChI is InChI=1S/C50H22O10/c51-43-31-17-11-23(26-4-2-6-34-40(26)50(58)60-48(34)56)19-35(31)45(53)41(43)29-15-9-21-8-14-28-30(16-10-22-7-13-27(29)37(21)38(22)28)42-44(52)33-5-1-3-25(39(33)46(42)54)24-12-18-32-36(20-24)49(57)59-47(32)55/h1-20,41-42H. The second-order valence-electron chi connectivity index (χ2n) is 15.4. The summed E-state index contributed by atoms with van der Waals surface area (Å²) in [6.45, 7) is 0. The SMILES string of the molecule is O=C1OC(=O)c2cc(-c3cccc4c3C(=O)C(c3ccc5ccc6c(C7C(=O)c8ccc(-c9cccc%10c9C(=O)OC%10=O)cc8C7=O)ccc7ccc3c5c76)C4=O)ccc21. The minimum atomic E-state index is -1.17. The molecule has 0 saturated carbocycles. The molecule has 0 amide bonds. The maximum absolute atomic E-state index is 14.5. The second-order valence-corrected chi connectivity index (χ2v) is 15.4. The molecule has 282 valence electrons. The fourth-order valence-corrected chi connectivity index (χ4v) is 9.78. The minimum absolute atomic E-state index is 0.0891. The van der Waals surface area contributed by atoms with Crippen molar-refractivity contribution in [3.05, 3.63) is 177 Å². The number of Topliss-reactive ketones (excluding diaryl/α,β-unsaturated/α-hetero) is 4. The second kappa shape index (κ2) is 11.7. The molecule has 10 heteroatoms. The normalized spacial score (nSPS) is 17.9. The monoisotopic (exact) mass is 782 g/mol. The van der Waals surface area contributed by atoms with Crippen molar-refractivity contribution in [1.29, 1.82) is 0 Å². The van der Waals surface area contributed by atoms with Gasteiger partial charge in [0.1, 0.15) is 11.8 Å². The highest BCUT2D eigenvalue weighted by Gasteiger charge is 2.44. The average Bonchev–Trinajstić information content (AvgIpc) is 3.91. The molecule has 4 aliphatic rings. The summed E-state index contributed by atoms with van der Waals surface area (Å²) in [5.74, 6) is -6.89. The molecule has 0 bridgehead atoms. The molecule has 0 aromatic heterocycles. The smallest absolute Gasteiger partial charge is 0.347 e. The molecule has 8 aromatic carbocycles. The van der Waals surface area contributed by atoms with Gasteiger partial charge < -0.3 is 9.47 Å². The molecule has 8 aromatic rings. The minimum Gasteiger partial charge on any atom is -0.386 e. The van der Waals surface area contributed by atoms with Gasteiger partial charge in [-0.25, -0.2) is 19.2 Å². The number of ether oxygens (including phenoxy) is 2. The van der Waals surface area contributed by atoms with E-state index in [1.54, 1.807) is 66.7 Å². The summed E-state index contributed by atoms with van der Waals surface area (Å²) in [5.41, 5.74) is 4.26. The highest BCUT2D eigenvalue weighted by molar-refractivity contribution is 6.35. The van der Waals surface area contributed by atoms with Crippen molar-refractivity contribution >= 4 is 79.3 Å². The van der Waals surface area contributed by atoms with E-state index in [1.807, 2.05) is 36.4 Å². The fourth-order valence-electron chi connectivity index (χ4n) is 9.78. The van der Waals surface area contributed by atoms with E-state index in [2.05, 4.69) is 0 Å². The Balaban J connectivity index is 0.957. The molecule has 2 unspecified atom stereocenters. The number of cyclic esters (lactones) is 4. The number of fused-ring (bicyclic) bond motifs is 4. The van der Waals surface area contributed by atoms with Gasteiger partial charge in [-0.05, 0) is 90.0 Å². The van der Waals surface area contributed by atoms with Crippen LogP contribution in [-0.2, 0) is 9.47 Å². The lowest BCUT2D eigenvalue weighted by Crippen LogP contribution is -2.14. The van der Waals surface area contributed by atoms with Gasteiger partial charge in [-0.2, -0.15) is 0 Å². The van der Waals surface area contributed by atoms with Crippen LogP contribution in [0, 0.1) is 0 Å². The van der Waals surface area contributed by atoms with Crippen LogP contribution in [0.1, 0.15) is 106 Å². The third kappa shape index (κ3) is 4.31. The van der Waals surface area contributed by atoms with Crippen LogP contribution in [0.2, 0.25) is 0 Å². The zero-order valence-corrected chi connectivity index (χ0v) is 30.8. The molecule has 0 radical (unpaired) electrons. The first kappa shape index (κ1) is 33.9. The topological polar surface area (TPSA) is 155 Å². The van der Waals surface area contributed by atoms with Crippen molar-refractivity contribution in [3.63, 3.8) is 0 Å². The van der Waals surface area contributed by atoms with E-state index in [-0.39, 0.29) is 56.1 Å². The Morgan fingerprint density at radius 1 is 0.333 bits per heavy atom. The average molecular weight is 783 g/mol. The third-order valence-electron chi connectivity index (χ3n) is 12.5. The van der Waals surface area contributed by atoms with E-state index in [9.17, 15) is 38.4 Å². The van der Waals surface area contributed by atoms with Crippen LogP contribution in [-0.4, -0.2) is 47.0 Å². The number of benzene rings is 8. The highest BCUT2D eigenvalue weighted by atomic mass is 16.6. The summed E-state index contributed by atoms with van der Waals surface area (Å²) < 4.78 is 9.60. The Morgan fingerprint density at radius 2 is 0.800 bits per heavy atom. The molecule has 60 heavy (non-hydrogen) atoms. The molecule has 12 rings (SSSR count). The third-order valence-corrected chi connectivity index (χ3v) is 12.5. The van der Waals surface area contributed by atoms with Gasteiger partial charge in [0, 0.05) is 22.3 Å². The molecule has 2 atom stereocenters. The van der Waals surface area contributed by atoms with Crippen molar-refractivity contribution in [2.75, 3.05) is 0 Å². The van der Waals surface area contributed by atoms with Crippen molar-refractivity contribution in [1.82, 2.24) is 0 Å². The first-order chi connectivity index (χ1) is 29.1. The van der Waals surface area contributed by atoms with E-state index in [0.717, 1.165) is 21.5 Å². The number of rotatable bonds is 4. The van der Waals surface area contributed by atoms with Crippen LogP contribution in [0.25, 0.3) is 54.6 Å². The number of ketones is 4. The Hall–Kier alpha value is -8.24. The lowest BCUT2D eigenvalue weighted by Gasteiger charge is -2.19. The Morgan fingerprint density at radius 3 is 1.47 bits per heavy atom.